The van der Waals surface area contributed by atoms with Crippen molar-refractivity contribution < 1.29 is 0 Å². The summed E-state index contributed by atoms with van der Waals surface area (Å²) < 4.78 is 1.66. The van der Waals surface area contributed by atoms with Crippen molar-refractivity contribution >= 4 is 0 Å². The van der Waals surface area contributed by atoms with Crippen LogP contribution in [0.3, 0.4) is 0 Å². The molecule has 1 aromatic heterocycles. The van der Waals surface area contributed by atoms with Crippen LogP contribution in [0, 0.1) is 0 Å². The molecule has 0 aliphatic carbocycles. The third-order valence-corrected chi connectivity index (χ3v) is 2.82. The molecule has 1 heterocycles. The van der Waals surface area contributed by atoms with Crippen molar-refractivity contribution in [3.8, 4) is 5.69 Å². The summed E-state index contributed by atoms with van der Waals surface area (Å²) in [6.07, 6.45) is 1.85. The van der Waals surface area contributed by atoms with E-state index in [1.807, 2.05) is 42.6 Å². The van der Waals surface area contributed by atoms with Crippen LogP contribution in [0.5, 0.6) is 0 Å². The predicted molar refractivity (Wildman–Crippen MR) is 70.7 cm³/mol. The van der Waals surface area contributed by atoms with Gasteiger partial charge in [-0.15, -0.1) is 0 Å². The molecule has 0 unspecified atom stereocenters. The van der Waals surface area contributed by atoms with Crippen LogP contribution in [0.25, 0.3) is 5.69 Å². The van der Waals surface area contributed by atoms with Crippen molar-refractivity contribution in [2.75, 3.05) is 0 Å². The molecule has 0 amide bonds. The smallest absolute Gasteiger partial charge is 0.255 e. The van der Waals surface area contributed by atoms with Gasteiger partial charge < -0.3 is 0 Å². The van der Waals surface area contributed by atoms with E-state index in [-0.39, 0.29) is 11.0 Å². The Balaban J connectivity index is 2.51. The van der Waals surface area contributed by atoms with Gasteiger partial charge >= 0.3 is 0 Å². The van der Waals surface area contributed by atoms with Crippen LogP contribution in [0.15, 0.2) is 53.5 Å². The maximum Gasteiger partial charge on any atom is 0.255 e. The zero-order valence-electron chi connectivity index (χ0n) is 10.5. The monoisotopic (exact) mass is 227 g/mol. The lowest BCUT2D eigenvalue weighted by molar-refractivity contribution is 0.587. The van der Waals surface area contributed by atoms with Gasteiger partial charge in [0.2, 0.25) is 0 Å². The summed E-state index contributed by atoms with van der Waals surface area (Å²) in [4.78, 5) is 12.1. The lowest BCUT2D eigenvalue weighted by Crippen LogP contribution is -2.21. The SMILES string of the molecule is CC(C)(C)c1ccn(-c2ccccc2)c(=O)c1. The van der Waals surface area contributed by atoms with E-state index in [0.29, 0.717) is 0 Å². The minimum absolute atomic E-state index is 0.00887. The highest BCUT2D eigenvalue weighted by atomic mass is 16.1. The van der Waals surface area contributed by atoms with Crippen molar-refractivity contribution in [1.29, 1.82) is 0 Å². The Hall–Kier alpha value is -1.83. The quantitative estimate of drug-likeness (QED) is 0.733. The number of aromatic nitrogens is 1. The Morgan fingerprint density at radius 1 is 1.00 bits per heavy atom. The number of rotatable bonds is 1. The third-order valence-electron chi connectivity index (χ3n) is 2.82. The summed E-state index contributed by atoms with van der Waals surface area (Å²) in [5, 5.41) is 0. The molecule has 0 saturated heterocycles. The molecule has 0 aliphatic heterocycles. The summed E-state index contributed by atoms with van der Waals surface area (Å²) in [5.74, 6) is 0. The van der Waals surface area contributed by atoms with Gasteiger partial charge in [0, 0.05) is 18.0 Å². The fourth-order valence-corrected chi connectivity index (χ4v) is 1.75. The average Bonchev–Trinajstić information content (AvgIpc) is 2.29. The van der Waals surface area contributed by atoms with Gasteiger partial charge in [0.1, 0.15) is 0 Å². The van der Waals surface area contributed by atoms with E-state index in [1.54, 1.807) is 10.6 Å². The second kappa shape index (κ2) is 4.21. The Morgan fingerprint density at radius 3 is 2.18 bits per heavy atom. The Labute approximate surface area is 102 Å². The predicted octanol–water partition coefficient (Wildman–Crippen LogP) is 3.14. The number of para-hydroxylation sites is 1. The topological polar surface area (TPSA) is 22.0 Å². The molecule has 0 fully saturated rings. The van der Waals surface area contributed by atoms with Gasteiger partial charge in [0.05, 0.1) is 0 Å². The fourth-order valence-electron chi connectivity index (χ4n) is 1.75. The number of benzene rings is 1. The highest BCUT2D eigenvalue weighted by Gasteiger charge is 2.14. The average molecular weight is 227 g/mol. The first-order valence-corrected chi connectivity index (χ1v) is 5.77. The van der Waals surface area contributed by atoms with E-state index in [2.05, 4.69) is 20.8 Å². The molecule has 2 rings (SSSR count). The van der Waals surface area contributed by atoms with Gasteiger partial charge in [-0.1, -0.05) is 39.0 Å². The van der Waals surface area contributed by atoms with Crippen molar-refractivity contribution in [2.45, 2.75) is 26.2 Å². The summed E-state index contributed by atoms with van der Waals surface area (Å²) >= 11 is 0. The number of nitrogens with zero attached hydrogens (tertiary/aromatic N) is 1. The lowest BCUT2D eigenvalue weighted by atomic mass is 9.88. The van der Waals surface area contributed by atoms with Gasteiger partial charge in [-0.2, -0.15) is 0 Å². The summed E-state index contributed by atoms with van der Waals surface area (Å²) in [5.41, 5.74) is 1.99. The van der Waals surface area contributed by atoms with Gasteiger partial charge in [-0.25, -0.2) is 0 Å². The zero-order chi connectivity index (χ0) is 12.5. The molecule has 2 heteroatoms. The number of hydrogen-bond acceptors (Lipinski definition) is 1. The molecule has 2 nitrogen and oxygen atoms in total. The van der Waals surface area contributed by atoms with Crippen LogP contribution in [0.4, 0.5) is 0 Å². The van der Waals surface area contributed by atoms with Crippen LogP contribution >= 0.6 is 0 Å². The van der Waals surface area contributed by atoms with E-state index in [1.165, 1.54) is 0 Å². The maximum absolute atomic E-state index is 12.1. The molecule has 17 heavy (non-hydrogen) atoms. The molecular weight excluding hydrogens is 210 g/mol. The lowest BCUT2D eigenvalue weighted by Gasteiger charge is -2.19. The fraction of sp³-hybridized carbons (Fsp3) is 0.267. The molecule has 0 spiro atoms. The molecule has 0 aliphatic rings. The molecular formula is C15H17NO. The van der Waals surface area contributed by atoms with Crippen molar-refractivity contribution in [1.82, 2.24) is 4.57 Å². The van der Waals surface area contributed by atoms with Crippen molar-refractivity contribution in [3.63, 3.8) is 0 Å². The molecule has 0 N–H and O–H groups in total. The molecule has 2 aromatic rings. The minimum atomic E-state index is 0.00887. The summed E-state index contributed by atoms with van der Waals surface area (Å²) in [6.45, 7) is 6.32. The van der Waals surface area contributed by atoms with Crippen LogP contribution in [0.1, 0.15) is 26.3 Å². The van der Waals surface area contributed by atoms with Gasteiger partial charge in [0.25, 0.3) is 5.56 Å². The van der Waals surface area contributed by atoms with Crippen LogP contribution in [-0.2, 0) is 5.41 Å². The normalized spacial score (nSPS) is 11.5. The number of hydrogen-bond donors (Lipinski definition) is 0. The molecule has 0 radical (unpaired) electrons. The highest BCUT2D eigenvalue weighted by molar-refractivity contribution is 5.33. The van der Waals surface area contributed by atoms with Crippen LogP contribution < -0.4 is 5.56 Å². The summed E-state index contributed by atoms with van der Waals surface area (Å²) in [6, 6.07) is 13.4. The van der Waals surface area contributed by atoms with Gasteiger partial charge in [0.15, 0.2) is 0 Å². The van der Waals surface area contributed by atoms with E-state index in [9.17, 15) is 4.79 Å². The van der Waals surface area contributed by atoms with E-state index >= 15 is 0 Å². The standard InChI is InChI=1S/C15H17NO/c1-15(2,3)12-9-10-16(14(17)11-12)13-7-5-4-6-8-13/h4-11H,1-3H3. The first kappa shape index (κ1) is 11.6. The van der Waals surface area contributed by atoms with E-state index in [0.717, 1.165) is 11.3 Å². The highest BCUT2D eigenvalue weighted by Crippen LogP contribution is 2.20. The second-order valence-electron chi connectivity index (χ2n) is 5.21. The van der Waals surface area contributed by atoms with Crippen LogP contribution in [0.2, 0.25) is 0 Å². The molecule has 1 aromatic carbocycles. The van der Waals surface area contributed by atoms with Gasteiger partial charge in [-0.3, -0.25) is 9.36 Å². The maximum atomic E-state index is 12.1. The Morgan fingerprint density at radius 2 is 1.65 bits per heavy atom. The number of pyridine rings is 1. The molecule has 88 valence electrons. The molecule has 0 saturated carbocycles. The Kier molecular flexibility index (Phi) is 2.88. The first-order chi connectivity index (χ1) is 7.98. The van der Waals surface area contributed by atoms with E-state index in [4.69, 9.17) is 0 Å². The Bertz CT molecular complexity index is 561. The largest absolute Gasteiger partial charge is 0.284 e. The molecule has 0 bridgehead atoms. The second-order valence-corrected chi connectivity index (χ2v) is 5.21. The summed E-state index contributed by atoms with van der Waals surface area (Å²) in [7, 11) is 0. The molecule has 0 atom stereocenters. The van der Waals surface area contributed by atoms with Crippen molar-refractivity contribution in [3.05, 3.63) is 64.6 Å². The van der Waals surface area contributed by atoms with Crippen molar-refractivity contribution in [2.24, 2.45) is 0 Å². The zero-order valence-corrected chi connectivity index (χ0v) is 10.5. The third kappa shape index (κ3) is 2.47. The van der Waals surface area contributed by atoms with Gasteiger partial charge in [-0.05, 0) is 29.2 Å². The van der Waals surface area contributed by atoms with E-state index < -0.39 is 0 Å². The first-order valence-electron chi connectivity index (χ1n) is 5.77. The minimum Gasteiger partial charge on any atom is -0.284 e. The van der Waals surface area contributed by atoms with Crippen LogP contribution in [-0.4, -0.2) is 4.57 Å².